The van der Waals surface area contributed by atoms with Gasteiger partial charge in [0.05, 0.1) is 0 Å². The first kappa shape index (κ1) is 20.7. The van der Waals surface area contributed by atoms with Crippen molar-refractivity contribution in [2.45, 2.75) is 6.92 Å². The van der Waals surface area contributed by atoms with Crippen LogP contribution in [0.5, 0.6) is 0 Å². The summed E-state index contributed by atoms with van der Waals surface area (Å²) in [5.74, 6) is -1.13. The minimum atomic E-state index is -0.637. The Morgan fingerprint density at radius 2 is 1.71 bits per heavy atom. The van der Waals surface area contributed by atoms with Gasteiger partial charge in [-0.25, -0.2) is 9.07 Å². The van der Waals surface area contributed by atoms with Gasteiger partial charge in [-0.2, -0.15) is 5.10 Å². The average molecular weight is 421 g/mol. The number of nitrogens with zero attached hydrogens (tertiary/aromatic N) is 4. The van der Waals surface area contributed by atoms with Crippen LogP contribution in [0.4, 0.5) is 15.8 Å². The Morgan fingerprint density at radius 1 is 1.03 bits per heavy atom. The summed E-state index contributed by atoms with van der Waals surface area (Å²) in [5.41, 5.74) is 1.44. The van der Waals surface area contributed by atoms with E-state index in [1.807, 2.05) is 12.1 Å². The summed E-state index contributed by atoms with van der Waals surface area (Å²) >= 11 is 0. The molecule has 1 saturated heterocycles. The summed E-state index contributed by atoms with van der Waals surface area (Å²) in [6, 6.07) is 14.8. The van der Waals surface area contributed by atoms with Crippen LogP contribution in [-0.4, -0.2) is 53.8 Å². The average Bonchev–Trinajstić information content (AvgIpc) is 2.76. The fourth-order valence-electron chi connectivity index (χ4n) is 3.58. The Hall–Kier alpha value is -3.52. The molecular weight excluding hydrogens is 397 g/mol. The van der Waals surface area contributed by atoms with Crippen molar-refractivity contribution in [3.63, 3.8) is 0 Å². The van der Waals surface area contributed by atoms with E-state index in [-0.39, 0.29) is 11.4 Å². The first-order valence-corrected chi connectivity index (χ1v) is 10.1. The maximum absolute atomic E-state index is 14.2. The molecule has 1 aliphatic heterocycles. The SMILES string of the molecule is Cc1cc(=O)c(C(=O)Nc2ccc(N3CCN(C)CC3)cc2)nn1-c1ccccc1F. The lowest BCUT2D eigenvalue weighted by Crippen LogP contribution is -2.44. The summed E-state index contributed by atoms with van der Waals surface area (Å²) in [4.78, 5) is 29.7. The van der Waals surface area contributed by atoms with E-state index in [1.54, 1.807) is 37.3 Å². The maximum Gasteiger partial charge on any atom is 0.280 e. The van der Waals surface area contributed by atoms with Gasteiger partial charge in [0.15, 0.2) is 5.69 Å². The zero-order valence-corrected chi connectivity index (χ0v) is 17.5. The largest absolute Gasteiger partial charge is 0.369 e. The van der Waals surface area contributed by atoms with E-state index >= 15 is 0 Å². The van der Waals surface area contributed by atoms with Gasteiger partial charge in [0, 0.05) is 49.3 Å². The molecule has 1 N–H and O–H groups in total. The van der Waals surface area contributed by atoms with Gasteiger partial charge in [0.2, 0.25) is 5.43 Å². The number of nitrogens with one attached hydrogen (secondary N) is 1. The predicted molar refractivity (Wildman–Crippen MR) is 119 cm³/mol. The Morgan fingerprint density at radius 3 is 2.39 bits per heavy atom. The van der Waals surface area contributed by atoms with Gasteiger partial charge in [-0.15, -0.1) is 0 Å². The van der Waals surface area contributed by atoms with Crippen LogP contribution in [0.2, 0.25) is 0 Å². The lowest BCUT2D eigenvalue weighted by molar-refractivity contribution is 0.101. The summed E-state index contributed by atoms with van der Waals surface area (Å²) in [6.07, 6.45) is 0. The molecule has 0 atom stereocenters. The van der Waals surface area contributed by atoms with Crippen LogP contribution in [0.25, 0.3) is 5.69 Å². The van der Waals surface area contributed by atoms with E-state index in [9.17, 15) is 14.0 Å². The molecule has 1 aliphatic rings. The molecule has 0 unspecified atom stereocenters. The lowest BCUT2D eigenvalue weighted by Gasteiger charge is -2.34. The number of piperazine rings is 1. The van der Waals surface area contributed by atoms with Crippen molar-refractivity contribution in [1.29, 1.82) is 0 Å². The number of hydrogen-bond acceptors (Lipinski definition) is 5. The minimum absolute atomic E-state index is 0.172. The second-order valence-electron chi connectivity index (χ2n) is 7.65. The molecule has 0 saturated carbocycles. The van der Waals surface area contributed by atoms with Crippen LogP contribution in [0.15, 0.2) is 59.4 Å². The van der Waals surface area contributed by atoms with E-state index in [1.165, 1.54) is 16.8 Å². The number of amides is 1. The van der Waals surface area contributed by atoms with Crippen LogP contribution in [0.1, 0.15) is 16.2 Å². The molecule has 0 radical (unpaired) electrons. The van der Waals surface area contributed by atoms with E-state index in [2.05, 4.69) is 27.3 Å². The molecule has 0 spiro atoms. The molecule has 2 aromatic carbocycles. The maximum atomic E-state index is 14.2. The van der Waals surface area contributed by atoms with Crippen molar-refractivity contribution in [3.8, 4) is 5.69 Å². The monoisotopic (exact) mass is 421 g/mol. The molecule has 0 bridgehead atoms. The van der Waals surface area contributed by atoms with Crippen LogP contribution in [-0.2, 0) is 0 Å². The van der Waals surface area contributed by atoms with Crippen LogP contribution >= 0.6 is 0 Å². The Labute approximate surface area is 179 Å². The number of aromatic nitrogens is 2. The highest BCUT2D eigenvalue weighted by Crippen LogP contribution is 2.20. The van der Waals surface area contributed by atoms with Crippen molar-refractivity contribution in [2.24, 2.45) is 0 Å². The lowest BCUT2D eigenvalue weighted by atomic mass is 10.2. The molecule has 1 fully saturated rings. The molecular formula is C23H24FN5O2. The third-order valence-corrected chi connectivity index (χ3v) is 5.40. The normalized spacial score (nSPS) is 14.5. The van der Waals surface area contributed by atoms with E-state index in [0.717, 1.165) is 31.9 Å². The number of anilines is 2. The van der Waals surface area contributed by atoms with Gasteiger partial charge in [0.25, 0.3) is 5.91 Å². The molecule has 31 heavy (non-hydrogen) atoms. The van der Waals surface area contributed by atoms with Crippen LogP contribution < -0.4 is 15.6 Å². The highest BCUT2D eigenvalue weighted by atomic mass is 19.1. The van der Waals surface area contributed by atoms with Gasteiger partial charge in [-0.3, -0.25) is 9.59 Å². The number of aryl methyl sites for hydroxylation is 1. The molecule has 8 heteroatoms. The summed E-state index contributed by atoms with van der Waals surface area (Å²) in [5, 5.41) is 6.85. The molecule has 0 aliphatic carbocycles. The summed E-state index contributed by atoms with van der Waals surface area (Å²) in [7, 11) is 2.11. The molecule has 1 amide bonds. The molecule has 7 nitrogen and oxygen atoms in total. The van der Waals surface area contributed by atoms with Crippen molar-refractivity contribution in [2.75, 3.05) is 43.4 Å². The number of benzene rings is 2. The number of halogens is 1. The van der Waals surface area contributed by atoms with E-state index in [0.29, 0.717) is 11.4 Å². The van der Waals surface area contributed by atoms with Crippen LogP contribution in [0.3, 0.4) is 0 Å². The van der Waals surface area contributed by atoms with Crippen molar-refractivity contribution >= 4 is 17.3 Å². The highest BCUT2D eigenvalue weighted by molar-refractivity contribution is 6.02. The topological polar surface area (TPSA) is 70.5 Å². The minimum Gasteiger partial charge on any atom is -0.369 e. The predicted octanol–water partition coefficient (Wildman–Crippen LogP) is 2.68. The fourth-order valence-corrected chi connectivity index (χ4v) is 3.58. The van der Waals surface area contributed by atoms with Crippen LogP contribution in [0, 0.1) is 12.7 Å². The highest BCUT2D eigenvalue weighted by Gasteiger charge is 2.18. The van der Waals surface area contributed by atoms with Gasteiger partial charge in [0.1, 0.15) is 11.5 Å². The number of para-hydroxylation sites is 1. The third kappa shape index (κ3) is 4.49. The molecule has 160 valence electrons. The smallest absolute Gasteiger partial charge is 0.280 e. The molecule has 2 heterocycles. The number of likely N-dealkylation sites (N-methyl/N-ethyl adjacent to an activating group) is 1. The standard InChI is InChI=1S/C23H24FN5O2/c1-16-15-21(30)22(26-29(16)20-6-4-3-5-19(20)24)23(31)25-17-7-9-18(10-8-17)28-13-11-27(2)12-14-28/h3-10,15H,11-14H2,1-2H3,(H,25,31). The van der Waals surface area contributed by atoms with E-state index in [4.69, 9.17) is 0 Å². The van der Waals surface area contributed by atoms with Gasteiger partial charge in [-0.1, -0.05) is 12.1 Å². The summed E-state index contributed by atoms with van der Waals surface area (Å²) < 4.78 is 15.5. The van der Waals surface area contributed by atoms with Crippen molar-refractivity contribution < 1.29 is 9.18 Å². The quantitative estimate of drug-likeness (QED) is 0.702. The Balaban J connectivity index is 1.54. The zero-order chi connectivity index (χ0) is 22.0. The second-order valence-corrected chi connectivity index (χ2v) is 7.65. The van der Waals surface area contributed by atoms with Gasteiger partial charge >= 0.3 is 0 Å². The fraction of sp³-hybridized carbons (Fsp3) is 0.261. The van der Waals surface area contributed by atoms with E-state index < -0.39 is 17.2 Å². The van der Waals surface area contributed by atoms with Crippen molar-refractivity contribution in [3.05, 3.63) is 82.0 Å². The third-order valence-electron chi connectivity index (χ3n) is 5.40. The molecule has 3 aromatic rings. The summed E-state index contributed by atoms with van der Waals surface area (Å²) in [6.45, 7) is 5.55. The van der Waals surface area contributed by atoms with Gasteiger partial charge < -0.3 is 15.1 Å². The Bertz CT molecular complexity index is 1150. The van der Waals surface area contributed by atoms with Crippen molar-refractivity contribution in [1.82, 2.24) is 14.7 Å². The molecule has 4 rings (SSSR count). The number of rotatable bonds is 4. The first-order valence-electron chi connectivity index (χ1n) is 10.1. The molecule has 1 aromatic heterocycles. The first-order chi connectivity index (χ1) is 14.9. The van der Waals surface area contributed by atoms with Gasteiger partial charge in [-0.05, 0) is 50.4 Å². The number of hydrogen-bond donors (Lipinski definition) is 1. The second kappa shape index (κ2) is 8.69. The number of carbonyl (C=O) groups is 1. The Kier molecular flexibility index (Phi) is 5.81. The number of carbonyl (C=O) groups excluding carboxylic acids is 1. The zero-order valence-electron chi connectivity index (χ0n) is 17.5.